The SMILES string of the molecule is CC(C)(C)OC(=O)c1cccc(C(=O)N[C@H](CCC2CCCCC2)C(=S)NC2CCN(Cc3ccccc3)CC2)c1. The van der Waals surface area contributed by atoms with Crippen molar-refractivity contribution in [2.45, 2.75) is 103 Å². The van der Waals surface area contributed by atoms with Gasteiger partial charge in [0.15, 0.2) is 0 Å². The molecule has 2 N–H and O–H groups in total. The normalized spacial score (nSPS) is 17.9. The molecule has 0 spiro atoms. The van der Waals surface area contributed by atoms with Crippen LogP contribution >= 0.6 is 12.2 Å². The Morgan fingerprint density at radius 2 is 1.63 bits per heavy atom. The number of carbonyl (C=O) groups is 2. The first-order valence-corrected chi connectivity index (χ1v) is 15.8. The minimum Gasteiger partial charge on any atom is -0.456 e. The Labute approximate surface area is 251 Å². The molecular formula is C34H47N3O3S. The summed E-state index contributed by atoms with van der Waals surface area (Å²) in [7, 11) is 0. The van der Waals surface area contributed by atoms with Gasteiger partial charge in [0.05, 0.1) is 16.6 Å². The van der Waals surface area contributed by atoms with Gasteiger partial charge in [-0.25, -0.2) is 4.79 Å². The van der Waals surface area contributed by atoms with Crippen molar-refractivity contribution >= 4 is 29.1 Å². The topological polar surface area (TPSA) is 70.7 Å². The van der Waals surface area contributed by atoms with Crippen LogP contribution < -0.4 is 10.6 Å². The molecule has 6 nitrogen and oxygen atoms in total. The first kappa shape index (κ1) is 31.2. The number of hydrogen-bond acceptors (Lipinski definition) is 5. The average Bonchev–Trinajstić information content (AvgIpc) is 2.96. The van der Waals surface area contributed by atoms with Crippen LogP contribution in [0, 0.1) is 5.92 Å². The van der Waals surface area contributed by atoms with Crippen molar-refractivity contribution in [2.24, 2.45) is 5.92 Å². The second-order valence-electron chi connectivity index (χ2n) is 12.7. The van der Waals surface area contributed by atoms with Gasteiger partial charge in [0.2, 0.25) is 0 Å². The van der Waals surface area contributed by atoms with Crippen molar-refractivity contribution in [3.8, 4) is 0 Å². The van der Waals surface area contributed by atoms with E-state index >= 15 is 0 Å². The lowest BCUT2D eigenvalue weighted by Gasteiger charge is -2.34. The molecule has 1 saturated heterocycles. The van der Waals surface area contributed by atoms with E-state index in [1.54, 1.807) is 24.3 Å². The van der Waals surface area contributed by atoms with Crippen LogP contribution in [-0.4, -0.2) is 52.5 Å². The maximum absolute atomic E-state index is 13.4. The fourth-order valence-electron chi connectivity index (χ4n) is 5.89. The zero-order chi connectivity index (χ0) is 29.2. The monoisotopic (exact) mass is 577 g/mol. The number of rotatable bonds is 10. The predicted molar refractivity (Wildman–Crippen MR) is 169 cm³/mol. The van der Waals surface area contributed by atoms with Crippen LogP contribution in [0.15, 0.2) is 54.6 Å². The molecule has 0 unspecified atom stereocenters. The average molecular weight is 578 g/mol. The highest BCUT2D eigenvalue weighted by Crippen LogP contribution is 2.28. The second kappa shape index (κ2) is 14.9. The summed E-state index contributed by atoms with van der Waals surface area (Å²) in [5, 5.41) is 6.83. The molecule has 1 atom stereocenters. The third-order valence-corrected chi connectivity index (χ3v) is 8.55. The number of piperidine rings is 1. The molecule has 41 heavy (non-hydrogen) atoms. The molecule has 0 radical (unpaired) electrons. The van der Waals surface area contributed by atoms with Gasteiger partial charge in [0, 0.05) is 31.2 Å². The van der Waals surface area contributed by atoms with Crippen LogP contribution in [0.25, 0.3) is 0 Å². The number of thiocarbonyl (C=S) groups is 1. The number of nitrogens with zero attached hydrogens (tertiary/aromatic N) is 1. The fraction of sp³-hybridized carbons (Fsp3) is 0.559. The van der Waals surface area contributed by atoms with Crippen molar-refractivity contribution in [1.29, 1.82) is 0 Å². The number of benzene rings is 2. The van der Waals surface area contributed by atoms with Crippen LogP contribution in [0.5, 0.6) is 0 Å². The van der Waals surface area contributed by atoms with E-state index in [2.05, 4.69) is 45.9 Å². The minimum absolute atomic E-state index is 0.217. The van der Waals surface area contributed by atoms with Crippen LogP contribution in [0.3, 0.4) is 0 Å². The molecule has 222 valence electrons. The molecular weight excluding hydrogens is 530 g/mol. The fourth-order valence-corrected chi connectivity index (χ4v) is 6.24. The maximum Gasteiger partial charge on any atom is 0.338 e. The number of hydrogen-bond donors (Lipinski definition) is 2. The van der Waals surface area contributed by atoms with Gasteiger partial charge in [-0.2, -0.15) is 0 Å². The zero-order valence-electron chi connectivity index (χ0n) is 25.0. The summed E-state index contributed by atoms with van der Waals surface area (Å²) in [6.07, 6.45) is 10.4. The van der Waals surface area contributed by atoms with E-state index in [-0.39, 0.29) is 11.9 Å². The highest BCUT2D eigenvalue weighted by atomic mass is 32.1. The summed E-state index contributed by atoms with van der Waals surface area (Å²) in [5.41, 5.74) is 1.55. The Balaban J connectivity index is 1.36. The van der Waals surface area contributed by atoms with E-state index in [4.69, 9.17) is 17.0 Å². The first-order chi connectivity index (χ1) is 19.7. The van der Waals surface area contributed by atoms with Crippen molar-refractivity contribution in [3.63, 3.8) is 0 Å². The van der Waals surface area contributed by atoms with E-state index in [0.717, 1.165) is 50.3 Å². The van der Waals surface area contributed by atoms with Crippen molar-refractivity contribution < 1.29 is 14.3 Å². The number of nitrogens with one attached hydrogen (secondary N) is 2. The molecule has 0 aromatic heterocycles. The Morgan fingerprint density at radius 1 is 0.951 bits per heavy atom. The van der Waals surface area contributed by atoms with E-state index < -0.39 is 11.6 Å². The van der Waals surface area contributed by atoms with Gasteiger partial charge in [0.25, 0.3) is 5.91 Å². The predicted octanol–water partition coefficient (Wildman–Crippen LogP) is 6.68. The van der Waals surface area contributed by atoms with Gasteiger partial charge in [-0.05, 0) is 76.1 Å². The molecule has 2 aromatic carbocycles. The van der Waals surface area contributed by atoms with E-state index in [9.17, 15) is 9.59 Å². The van der Waals surface area contributed by atoms with Crippen molar-refractivity contribution in [2.75, 3.05) is 13.1 Å². The van der Waals surface area contributed by atoms with E-state index in [0.29, 0.717) is 23.1 Å². The Bertz CT molecular complexity index is 1150. The zero-order valence-corrected chi connectivity index (χ0v) is 25.8. The Kier molecular flexibility index (Phi) is 11.3. The molecule has 2 aliphatic rings. The Hall–Kier alpha value is -2.77. The number of esters is 1. The molecule has 1 aliphatic heterocycles. The number of likely N-dealkylation sites (tertiary alicyclic amines) is 1. The van der Waals surface area contributed by atoms with Crippen LogP contribution in [0.1, 0.15) is 105 Å². The third-order valence-electron chi connectivity index (χ3n) is 8.15. The summed E-state index contributed by atoms with van der Waals surface area (Å²) in [5.74, 6) is 0.0466. The third kappa shape index (κ3) is 10.2. The summed E-state index contributed by atoms with van der Waals surface area (Å²) in [6.45, 7) is 8.51. The Morgan fingerprint density at radius 3 is 2.32 bits per heavy atom. The molecule has 1 heterocycles. The summed E-state index contributed by atoms with van der Waals surface area (Å²) in [4.78, 5) is 29.2. The molecule has 0 bridgehead atoms. The van der Waals surface area contributed by atoms with Crippen molar-refractivity contribution in [3.05, 3.63) is 71.3 Å². The molecule has 4 rings (SSSR count). The van der Waals surface area contributed by atoms with Gasteiger partial charge < -0.3 is 15.4 Å². The number of ether oxygens (including phenoxy) is 1. The minimum atomic E-state index is -0.602. The van der Waals surface area contributed by atoms with Gasteiger partial charge >= 0.3 is 5.97 Å². The molecule has 1 aliphatic carbocycles. The van der Waals surface area contributed by atoms with Gasteiger partial charge in [-0.15, -0.1) is 0 Å². The van der Waals surface area contributed by atoms with E-state index in [1.807, 2.05) is 20.8 Å². The molecule has 2 aromatic rings. The number of carbonyl (C=O) groups excluding carboxylic acids is 2. The maximum atomic E-state index is 13.4. The van der Waals surface area contributed by atoms with Crippen LogP contribution in [-0.2, 0) is 11.3 Å². The lowest BCUT2D eigenvalue weighted by atomic mass is 9.85. The lowest BCUT2D eigenvalue weighted by Crippen LogP contribution is -2.51. The van der Waals surface area contributed by atoms with Crippen LogP contribution in [0.2, 0.25) is 0 Å². The molecule has 1 amide bonds. The lowest BCUT2D eigenvalue weighted by molar-refractivity contribution is 0.00695. The van der Waals surface area contributed by atoms with E-state index in [1.165, 1.54) is 37.7 Å². The van der Waals surface area contributed by atoms with Gasteiger partial charge in [-0.3, -0.25) is 9.69 Å². The standard InChI is InChI=1S/C34H47N3O3S/c1-34(2,3)40-33(39)28-16-10-15-27(23-28)31(38)36-30(18-17-25-11-6-4-7-12-25)32(41)35-29-19-21-37(22-20-29)24-26-13-8-5-9-14-26/h5,8-10,13-16,23,25,29-30H,4,6-7,11-12,17-22,24H2,1-3H3,(H,35,41)(H,36,38)/t30-/m1/s1. The highest BCUT2D eigenvalue weighted by molar-refractivity contribution is 7.80. The second-order valence-corrected chi connectivity index (χ2v) is 13.2. The van der Waals surface area contributed by atoms with Crippen molar-refractivity contribution in [1.82, 2.24) is 15.5 Å². The molecule has 2 fully saturated rings. The highest BCUT2D eigenvalue weighted by Gasteiger charge is 2.26. The largest absolute Gasteiger partial charge is 0.456 e. The smallest absolute Gasteiger partial charge is 0.338 e. The summed E-state index contributed by atoms with van der Waals surface area (Å²) < 4.78 is 5.50. The summed E-state index contributed by atoms with van der Waals surface area (Å²) >= 11 is 5.94. The molecule has 7 heteroatoms. The molecule has 1 saturated carbocycles. The quantitative estimate of drug-likeness (QED) is 0.242. The first-order valence-electron chi connectivity index (χ1n) is 15.4. The number of amides is 1. The summed E-state index contributed by atoms with van der Waals surface area (Å²) in [6, 6.07) is 17.4. The van der Waals surface area contributed by atoms with Crippen LogP contribution in [0.4, 0.5) is 0 Å². The van der Waals surface area contributed by atoms with Gasteiger partial charge in [-0.1, -0.05) is 80.7 Å². The van der Waals surface area contributed by atoms with Gasteiger partial charge in [0.1, 0.15) is 5.60 Å².